The first-order chi connectivity index (χ1) is 12.0. The van der Waals surface area contributed by atoms with Crippen molar-refractivity contribution in [3.8, 4) is 0 Å². The first kappa shape index (κ1) is 18.5. The van der Waals surface area contributed by atoms with E-state index >= 15 is 0 Å². The van der Waals surface area contributed by atoms with Crippen LogP contribution in [-0.2, 0) is 4.79 Å². The van der Waals surface area contributed by atoms with Crippen molar-refractivity contribution in [3.05, 3.63) is 54.6 Å². The third kappa shape index (κ3) is 5.61. The molecule has 0 fully saturated rings. The maximum atomic E-state index is 12.1. The Balaban J connectivity index is 1.89. The lowest BCUT2D eigenvalue weighted by Crippen LogP contribution is -2.40. The Kier molecular flexibility index (Phi) is 6.54. The second kappa shape index (κ2) is 8.84. The molecule has 0 radical (unpaired) electrons. The van der Waals surface area contributed by atoms with Crippen molar-refractivity contribution in [3.63, 3.8) is 0 Å². The van der Waals surface area contributed by atoms with E-state index in [1.165, 1.54) is 0 Å². The van der Waals surface area contributed by atoms with Crippen LogP contribution in [-0.4, -0.2) is 18.0 Å². The number of nitrogens with one attached hydrogen (secondary N) is 3. The van der Waals surface area contributed by atoms with E-state index in [4.69, 9.17) is 5.73 Å². The van der Waals surface area contributed by atoms with Crippen molar-refractivity contribution >= 4 is 29.0 Å². The summed E-state index contributed by atoms with van der Waals surface area (Å²) < 4.78 is 0. The van der Waals surface area contributed by atoms with Gasteiger partial charge >= 0.3 is 6.03 Å². The van der Waals surface area contributed by atoms with Crippen molar-refractivity contribution in [2.45, 2.75) is 26.3 Å². The molecule has 132 valence electrons. The van der Waals surface area contributed by atoms with E-state index in [0.717, 1.165) is 6.42 Å². The molecule has 0 aliphatic rings. The maximum Gasteiger partial charge on any atom is 0.323 e. The average molecular weight is 340 g/mol. The Hall–Kier alpha value is -2.86. The fourth-order valence-electron chi connectivity index (χ4n) is 2.19. The molecule has 0 spiro atoms. The van der Waals surface area contributed by atoms with Gasteiger partial charge in [0.15, 0.2) is 0 Å². The number of carbonyl (C=O) groups excluding carboxylic acids is 2. The minimum atomic E-state index is -0.542. The normalized spacial score (nSPS) is 12.8. The lowest BCUT2D eigenvalue weighted by molar-refractivity contribution is -0.118. The molecule has 0 heterocycles. The second-order valence-corrected chi connectivity index (χ2v) is 5.92. The summed E-state index contributed by atoms with van der Waals surface area (Å²) >= 11 is 0. The first-order valence-electron chi connectivity index (χ1n) is 8.29. The van der Waals surface area contributed by atoms with Gasteiger partial charge in [-0.15, -0.1) is 0 Å². The minimum absolute atomic E-state index is 0.114. The third-order valence-corrected chi connectivity index (χ3v) is 4.00. The van der Waals surface area contributed by atoms with E-state index in [9.17, 15) is 9.59 Å². The van der Waals surface area contributed by atoms with Gasteiger partial charge in [-0.1, -0.05) is 38.5 Å². The Morgan fingerprint density at radius 2 is 1.36 bits per heavy atom. The zero-order chi connectivity index (χ0) is 18.2. The van der Waals surface area contributed by atoms with Crippen LogP contribution in [0, 0.1) is 5.92 Å². The molecule has 6 heteroatoms. The number of amides is 3. The molecule has 3 amide bonds. The molecule has 0 aromatic heterocycles. The van der Waals surface area contributed by atoms with Crippen molar-refractivity contribution in [1.29, 1.82) is 0 Å². The van der Waals surface area contributed by atoms with Crippen molar-refractivity contribution in [2.24, 2.45) is 11.7 Å². The third-order valence-electron chi connectivity index (χ3n) is 4.00. The van der Waals surface area contributed by atoms with E-state index < -0.39 is 6.04 Å². The second-order valence-electron chi connectivity index (χ2n) is 5.92. The van der Waals surface area contributed by atoms with Gasteiger partial charge in [-0.25, -0.2) is 4.79 Å². The molecular weight excluding hydrogens is 316 g/mol. The highest BCUT2D eigenvalue weighted by Crippen LogP contribution is 2.15. The van der Waals surface area contributed by atoms with Crippen molar-refractivity contribution < 1.29 is 9.59 Å². The topological polar surface area (TPSA) is 96.2 Å². The summed E-state index contributed by atoms with van der Waals surface area (Å²) in [6.07, 6.45) is 0.841. The summed E-state index contributed by atoms with van der Waals surface area (Å²) in [6, 6.07) is 15.2. The van der Waals surface area contributed by atoms with Crippen LogP contribution >= 0.6 is 0 Å². The van der Waals surface area contributed by atoms with Gasteiger partial charge in [-0.05, 0) is 42.3 Å². The number of rotatable bonds is 6. The Morgan fingerprint density at radius 1 is 0.880 bits per heavy atom. The Labute approximate surface area is 147 Å². The molecule has 25 heavy (non-hydrogen) atoms. The summed E-state index contributed by atoms with van der Waals surface area (Å²) in [5, 5.41) is 8.25. The van der Waals surface area contributed by atoms with Crippen LogP contribution in [0.25, 0.3) is 0 Å². The number of nitrogens with two attached hydrogens (primary N) is 1. The van der Waals surface area contributed by atoms with Crippen molar-refractivity contribution in [2.75, 3.05) is 16.0 Å². The fraction of sp³-hybridized carbons (Fsp3) is 0.263. The molecule has 0 aliphatic heterocycles. The van der Waals surface area contributed by atoms with Crippen LogP contribution in [0.15, 0.2) is 54.6 Å². The van der Waals surface area contributed by atoms with E-state index in [-0.39, 0.29) is 17.9 Å². The molecule has 2 aromatic carbocycles. The number of carbonyl (C=O) groups is 2. The fourth-order valence-corrected chi connectivity index (χ4v) is 2.19. The highest BCUT2D eigenvalue weighted by Gasteiger charge is 2.19. The van der Waals surface area contributed by atoms with Gasteiger partial charge in [-0.2, -0.15) is 0 Å². The van der Waals surface area contributed by atoms with E-state index in [1.807, 2.05) is 32.0 Å². The number of anilines is 3. The molecule has 5 N–H and O–H groups in total. The summed E-state index contributed by atoms with van der Waals surface area (Å²) in [5.74, 6) is -0.0977. The smallest absolute Gasteiger partial charge is 0.323 e. The highest BCUT2D eigenvalue weighted by molar-refractivity contribution is 6.00. The monoisotopic (exact) mass is 340 g/mol. The van der Waals surface area contributed by atoms with E-state index in [1.54, 1.807) is 36.4 Å². The molecule has 0 aliphatic carbocycles. The standard InChI is InChI=1S/C19H24N4O2/c1-3-13(2)17(20)18(24)21-15-9-11-16(12-10-15)23-19(25)22-14-7-5-4-6-8-14/h4-13,17H,3,20H2,1-2H3,(H,21,24)(H2,22,23,25). The number of urea groups is 1. The number of benzene rings is 2. The average Bonchev–Trinajstić information content (AvgIpc) is 2.62. The van der Waals surface area contributed by atoms with Gasteiger partial charge in [0, 0.05) is 17.1 Å². The molecule has 2 atom stereocenters. The summed E-state index contributed by atoms with van der Waals surface area (Å²) in [6.45, 7) is 3.95. The zero-order valence-electron chi connectivity index (χ0n) is 14.5. The van der Waals surface area contributed by atoms with Crippen LogP contribution in [0.5, 0.6) is 0 Å². The SMILES string of the molecule is CCC(C)C(N)C(=O)Nc1ccc(NC(=O)Nc2ccccc2)cc1. The summed E-state index contributed by atoms with van der Waals surface area (Å²) in [5.41, 5.74) is 7.88. The van der Waals surface area contributed by atoms with E-state index in [0.29, 0.717) is 17.1 Å². The Morgan fingerprint density at radius 3 is 1.88 bits per heavy atom. The maximum absolute atomic E-state index is 12.1. The van der Waals surface area contributed by atoms with Gasteiger partial charge in [0.2, 0.25) is 5.91 Å². The molecule has 2 aromatic rings. The predicted molar refractivity (Wildman–Crippen MR) is 102 cm³/mol. The van der Waals surface area contributed by atoms with Crippen molar-refractivity contribution in [1.82, 2.24) is 0 Å². The van der Waals surface area contributed by atoms with E-state index in [2.05, 4.69) is 16.0 Å². The number of hydrogen-bond donors (Lipinski definition) is 4. The minimum Gasteiger partial charge on any atom is -0.325 e. The van der Waals surface area contributed by atoms with Gasteiger partial charge < -0.3 is 21.7 Å². The van der Waals surface area contributed by atoms with Gasteiger partial charge in [0.1, 0.15) is 0 Å². The lowest BCUT2D eigenvalue weighted by Gasteiger charge is -2.17. The molecule has 0 saturated carbocycles. The predicted octanol–water partition coefficient (Wildman–Crippen LogP) is 3.64. The number of para-hydroxylation sites is 1. The summed E-state index contributed by atoms with van der Waals surface area (Å²) in [4.78, 5) is 24.0. The van der Waals surface area contributed by atoms with Crippen LogP contribution in [0.4, 0.5) is 21.9 Å². The van der Waals surface area contributed by atoms with Crippen LogP contribution < -0.4 is 21.7 Å². The molecular formula is C19H24N4O2. The molecule has 0 bridgehead atoms. The largest absolute Gasteiger partial charge is 0.325 e. The highest BCUT2D eigenvalue weighted by atomic mass is 16.2. The quantitative estimate of drug-likeness (QED) is 0.646. The summed E-state index contributed by atoms with van der Waals surface area (Å²) in [7, 11) is 0. The van der Waals surface area contributed by atoms with Gasteiger partial charge in [0.05, 0.1) is 6.04 Å². The lowest BCUT2D eigenvalue weighted by atomic mass is 9.99. The van der Waals surface area contributed by atoms with Gasteiger partial charge in [0.25, 0.3) is 0 Å². The van der Waals surface area contributed by atoms with Crippen LogP contribution in [0.2, 0.25) is 0 Å². The molecule has 2 unspecified atom stereocenters. The first-order valence-corrected chi connectivity index (χ1v) is 8.29. The Bertz CT molecular complexity index is 701. The number of hydrogen-bond acceptors (Lipinski definition) is 3. The van der Waals surface area contributed by atoms with Crippen LogP contribution in [0.3, 0.4) is 0 Å². The van der Waals surface area contributed by atoms with Gasteiger partial charge in [-0.3, -0.25) is 4.79 Å². The molecule has 6 nitrogen and oxygen atoms in total. The molecule has 2 rings (SSSR count). The zero-order valence-corrected chi connectivity index (χ0v) is 14.5. The molecule has 0 saturated heterocycles. The van der Waals surface area contributed by atoms with Crippen LogP contribution in [0.1, 0.15) is 20.3 Å².